The summed E-state index contributed by atoms with van der Waals surface area (Å²) in [6, 6.07) is -0.819. The molecule has 1 amide bonds. The summed E-state index contributed by atoms with van der Waals surface area (Å²) in [6.45, 7) is 4.22. The Morgan fingerprint density at radius 2 is 1.03 bits per heavy atom. The number of amides is 1. The zero-order valence-electron chi connectivity index (χ0n) is 41.4. The average Bonchev–Trinajstić information content (AvgIpc) is 3.30. The molecule has 1 rings (SSSR count). The first-order chi connectivity index (χ1) is 31.7. The van der Waals surface area contributed by atoms with Crippen molar-refractivity contribution in [3.05, 3.63) is 36.5 Å². The average molecular weight is 922 g/mol. The highest BCUT2D eigenvalue weighted by Crippen LogP contribution is 2.23. The van der Waals surface area contributed by atoms with Crippen molar-refractivity contribution in [2.24, 2.45) is 0 Å². The van der Waals surface area contributed by atoms with Crippen molar-refractivity contribution in [1.29, 1.82) is 0 Å². The van der Waals surface area contributed by atoms with Gasteiger partial charge in [-0.25, -0.2) is 0 Å². The smallest absolute Gasteiger partial charge is 0.305 e. The molecular weight excluding hydrogens is 823 g/mol. The third kappa shape index (κ3) is 34.8. The van der Waals surface area contributed by atoms with Crippen molar-refractivity contribution in [3.8, 4) is 0 Å². The van der Waals surface area contributed by atoms with Crippen LogP contribution in [0.3, 0.4) is 0 Å². The van der Waals surface area contributed by atoms with E-state index in [0.29, 0.717) is 19.4 Å². The lowest BCUT2D eigenvalue weighted by molar-refractivity contribution is -0.302. The summed E-state index contributed by atoms with van der Waals surface area (Å²) in [4.78, 5) is 25.0. The number of rotatable bonds is 45. The minimum atomic E-state index is -1.58. The Hall–Kier alpha value is -2.12. The summed E-state index contributed by atoms with van der Waals surface area (Å²) >= 11 is 0. The van der Waals surface area contributed by atoms with E-state index in [1.165, 1.54) is 122 Å². The molecule has 0 aromatic heterocycles. The van der Waals surface area contributed by atoms with Crippen LogP contribution < -0.4 is 5.32 Å². The van der Waals surface area contributed by atoms with Crippen LogP contribution in [0.4, 0.5) is 0 Å². The number of hydrogen-bond acceptors (Lipinski definition) is 10. The van der Waals surface area contributed by atoms with E-state index in [4.69, 9.17) is 14.2 Å². The lowest BCUT2D eigenvalue weighted by Crippen LogP contribution is -2.60. The molecule has 7 atom stereocenters. The molecule has 11 heteroatoms. The van der Waals surface area contributed by atoms with E-state index in [0.717, 1.165) is 83.5 Å². The molecule has 0 radical (unpaired) electrons. The van der Waals surface area contributed by atoms with Gasteiger partial charge in [-0.05, 0) is 64.2 Å². The molecule has 65 heavy (non-hydrogen) atoms. The summed E-state index contributed by atoms with van der Waals surface area (Å²) in [7, 11) is 0. The van der Waals surface area contributed by atoms with Crippen LogP contribution >= 0.6 is 0 Å². The van der Waals surface area contributed by atoms with E-state index < -0.39 is 49.5 Å². The van der Waals surface area contributed by atoms with Gasteiger partial charge < -0.3 is 45.1 Å². The second-order valence-electron chi connectivity index (χ2n) is 18.6. The summed E-state index contributed by atoms with van der Waals surface area (Å²) in [5.41, 5.74) is 0. The molecule has 11 nitrogen and oxygen atoms in total. The van der Waals surface area contributed by atoms with Crippen molar-refractivity contribution >= 4 is 11.9 Å². The van der Waals surface area contributed by atoms with E-state index in [1.54, 1.807) is 6.08 Å². The largest absolute Gasteiger partial charge is 0.466 e. The lowest BCUT2D eigenvalue weighted by Gasteiger charge is -2.40. The third-order valence-corrected chi connectivity index (χ3v) is 12.5. The zero-order valence-corrected chi connectivity index (χ0v) is 41.4. The van der Waals surface area contributed by atoms with Crippen LogP contribution in [-0.4, -0.2) is 100 Å². The summed E-state index contributed by atoms with van der Waals surface area (Å²) < 4.78 is 16.6. The maximum absolute atomic E-state index is 13.0. The van der Waals surface area contributed by atoms with Crippen molar-refractivity contribution in [2.45, 2.75) is 275 Å². The van der Waals surface area contributed by atoms with Gasteiger partial charge in [0.15, 0.2) is 6.29 Å². The van der Waals surface area contributed by atoms with E-state index >= 15 is 0 Å². The molecule has 1 fully saturated rings. The van der Waals surface area contributed by atoms with Gasteiger partial charge in [-0.1, -0.05) is 192 Å². The lowest BCUT2D eigenvalue weighted by atomic mass is 9.99. The molecule has 0 aromatic carbocycles. The monoisotopic (exact) mass is 922 g/mol. The van der Waals surface area contributed by atoms with E-state index in [-0.39, 0.29) is 18.5 Å². The van der Waals surface area contributed by atoms with Crippen LogP contribution in [0.5, 0.6) is 0 Å². The van der Waals surface area contributed by atoms with Gasteiger partial charge in [-0.2, -0.15) is 0 Å². The topological polar surface area (TPSA) is 175 Å². The molecule has 1 aliphatic heterocycles. The number of carbonyl (C=O) groups is 2. The minimum Gasteiger partial charge on any atom is -0.466 e. The predicted octanol–water partition coefficient (Wildman–Crippen LogP) is 11.2. The molecule has 0 bridgehead atoms. The standard InChI is InChI=1S/C54H99NO10/c1-3-5-7-9-11-13-14-15-16-19-22-26-30-34-38-42-50(59)63-43-39-35-31-27-23-20-17-18-21-25-29-33-37-41-49(58)55-46(47(57)40-36-32-28-24-12-10-8-6-4-2)45-64-54-53(62)52(61)51(60)48(44-56)65-54/h11,13,15-16,36,40,46-48,51-54,56-57,60-62H,3-10,12,14,17-35,37-39,41-45H2,1-2H3,(H,55,58)/b13-11-,16-15-,40-36+. The highest BCUT2D eigenvalue weighted by molar-refractivity contribution is 5.76. The molecular formula is C54H99NO10. The molecule has 0 aliphatic carbocycles. The Morgan fingerprint density at radius 3 is 1.58 bits per heavy atom. The fraction of sp³-hybridized carbons (Fsp3) is 0.852. The maximum atomic E-state index is 13.0. The normalized spacial score (nSPS) is 20.0. The molecule has 380 valence electrons. The van der Waals surface area contributed by atoms with Crippen LogP contribution in [0.2, 0.25) is 0 Å². The Morgan fingerprint density at radius 1 is 0.569 bits per heavy atom. The molecule has 7 unspecified atom stereocenters. The molecule has 0 saturated carbocycles. The maximum Gasteiger partial charge on any atom is 0.305 e. The fourth-order valence-electron chi connectivity index (χ4n) is 8.17. The number of allylic oxidation sites excluding steroid dienone is 5. The van der Waals surface area contributed by atoms with Crippen molar-refractivity contribution in [2.75, 3.05) is 19.8 Å². The van der Waals surface area contributed by atoms with Crippen LogP contribution in [0.15, 0.2) is 36.5 Å². The number of nitrogens with one attached hydrogen (secondary N) is 1. The first-order valence-electron chi connectivity index (χ1n) is 26.8. The molecule has 1 heterocycles. The molecule has 0 spiro atoms. The highest BCUT2D eigenvalue weighted by atomic mass is 16.7. The highest BCUT2D eigenvalue weighted by Gasteiger charge is 2.44. The van der Waals surface area contributed by atoms with Crippen molar-refractivity contribution in [1.82, 2.24) is 5.32 Å². The van der Waals surface area contributed by atoms with Crippen LogP contribution in [0.25, 0.3) is 0 Å². The summed E-state index contributed by atoms with van der Waals surface area (Å²) in [6.07, 6.45) is 42.2. The zero-order chi connectivity index (χ0) is 47.4. The number of aliphatic hydroxyl groups excluding tert-OH is 5. The van der Waals surface area contributed by atoms with Gasteiger partial charge in [0.1, 0.15) is 24.4 Å². The van der Waals surface area contributed by atoms with Gasteiger partial charge in [0.2, 0.25) is 5.91 Å². The second kappa shape index (κ2) is 44.4. The third-order valence-electron chi connectivity index (χ3n) is 12.5. The van der Waals surface area contributed by atoms with Crippen LogP contribution in [0, 0.1) is 0 Å². The summed E-state index contributed by atoms with van der Waals surface area (Å²) in [5.74, 6) is -0.241. The van der Waals surface area contributed by atoms with Gasteiger partial charge in [-0.15, -0.1) is 0 Å². The van der Waals surface area contributed by atoms with Gasteiger partial charge in [0, 0.05) is 12.8 Å². The number of hydrogen-bond donors (Lipinski definition) is 6. The SMILES string of the molecule is CCCCC/C=C\C/C=C\CCCCCCCC(=O)OCCCCCCCCCCCCCCCC(=O)NC(COC1OC(CO)C(O)C(O)C1O)C(O)/C=C/CCCCCCCCC. The van der Waals surface area contributed by atoms with E-state index in [9.17, 15) is 35.1 Å². The number of unbranched alkanes of at least 4 members (excludes halogenated alkanes) is 27. The predicted molar refractivity (Wildman–Crippen MR) is 264 cm³/mol. The first kappa shape index (κ1) is 60.9. The Kier molecular flexibility index (Phi) is 41.6. The van der Waals surface area contributed by atoms with Crippen molar-refractivity contribution in [3.63, 3.8) is 0 Å². The molecule has 1 saturated heterocycles. The van der Waals surface area contributed by atoms with Gasteiger partial charge >= 0.3 is 5.97 Å². The molecule has 0 aromatic rings. The van der Waals surface area contributed by atoms with Crippen LogP contribution in [-0.2, 0) is 23.8 Å². The Labute approximate surface area is 396 Å². The Bertz CT molecular complexity index is 1180. The first-order valence-corrected chi connectivity index (χ1v) is 26.8. The molecule has 1 aliphatic rings. The van der Waals surface area contributed by atoms with Gasteiger partial charge in [0.25, 0.3) is 0 Å². The quantitative estimate of drug-likeness (QED) is 0.0196. The summed E-state index contributed by atoms with van der Waals surface area (Å²) in [5, 5.41) is 54.1. The number of esters is 1. The number of ether oxygens (including phenoxy) is 3. The van der Waals surface area contributed by atoms with Gasteiger partial charge in [-0.3, -0.25) is 9.59 Å². The second-order valence-corrected chi connectivity index (χ2v) is 18.6. The molecule has 6 N–H and O–H groups in total. The van der Waals surface area contributed by atoms with Crippen LogP contribution in [0.1, 0.15) is 232 Å². The van der Waals surface area contributed by atoms with E-state index in [1.807, 2.05) is 6.08 Å². The minimum absolute atomic E-state index is 0.0425. The number of aliphatic hydroxyl groups is 5. The van der Waals surface area contributed by atoms with E-state index in [2.05, 4.69) is 43.5 Å². The number of carbonyl (C=O) groups excluding carboxylic acids is 2. The van der Waals surface area contributed by atoms with Crippen molar-refractivity contribution < 1.29 is 49.3 Å². The fourth-order valence-corrected chi connectivity index (χ4v) is 8.17. The van der Waals surface area contributed by atoms with Gasteiger partial charge in [0.05, 0.1) is 32.0 Å². The Balaban J connectivity index is 2.10.